The molecule has 5 heteroatoms. The van der Waals surface area contributed by atoms with Crippen LogP contribution < -0.4 is 0 Å². The second-order valence-corrected chi connectivity index (χ2v) is 10.1. The van der Waals surface area contributed by atoms with E-state index in [4.69, 9.17) is 9.47 Å². The average molecular weight is 403 g/mol. The molecule has 7 atom stereocenters. The average Bonchev–Trinajstić information content (AvgIpc) is 2.97. The van der Waals surface area contributed by atoms with Gasteiger partial charge in [-0.1, -0.05) is 26.3 Å². The minimum atomic E-state index is -0.276. The summed E-state index contributed by atoms with van der Waals surface area (Å²) in [4.78, 5) is 36.5. The summed E-state index contributed by atoms with van der Waals surface area (Å²) in [6.07, 6.45) is 8.21. The number of esters is 2. The van der Waals surface area contributed by atoms with Gasteiger partial charge in [0.15, 0.2) is 0 Å². The van der Waals surface area contributed by atoms with Crippen molar-refractivity contribution in [2.45, 2.75) is 91.3 Å². The second kappa shape index (κ2) is 7.24. The molecule has 3 saturated carbocycles. The number of carbonyl (C=O) groups is 3. The SMILES string of the molecule is CCC(=O)OC1C=C2C[C@@H](OC(C)=O)CC[C@]2(C)[C@H]2CC[C@]3(C)C(=O)CC[C@H]3[C@H]12. The van der Waals surface area contributed by atoms with Crippen molar-refractivity contribution in [2.24, 2.45) is 28.6 Å². The molecule has 0 aliphatic heterocycles. The molecule has 4 rings (SSSR count). The predicted molar refractivity (Wildman–Crippen MR) is 108 cm³/mol. The monoisotopic (exact) mass is 402 g/mol. The summed E-state index contributed by atoms with van der Waals surface area (Å²) >= 11 is 0. The van der Waals surface area contributed by atoms with Gasteiger partial charge in [0.25, 0.3) is 0 Å². The molecule has 29 heavy (non-hydrogen) atoms. The second-order valence-electron chi connectivity index (χ2n) is 10.1. The van der Waals surface area contributed by atoms with E-state index >= 15 is 0 Å². The molecule has 0 saturated heterocycles. The Balaban J connectivity index is 1.71. The van der Waals surface area contributed by atoms with E-state index in [1.54, 1.807) is 0 Å². The maximum absolute atomic E-state index is 12.7. The van der Waals surface area contributed by atoms with E-state index in [0.717, 1.165) is 38.5 Å². The zero-order valence-electron chi connectivity index (χ0n) is 18.2. The Kier molecular flexibility index (Phi) is 5.15. The number of Topliss-reactive ketones (excluding diaryl/α,β-unsaturated/α-hetero) is 1. The van der Waals surface area contributed by atoms with Crippen LogP contribution in [-0.4, -0.2) is 29.9 Å². The number of rotatable bonds is 3. The number of hydrogen-bond acceptors (Lipinski definition) is 5. The Bertz CT molecular complexity index is 754. The topological polar surface area (TPSA) is 69.7 Å². The molecule has 0 aromatic heterocycles. The van der Waals surface area contributed by atoms with Crippen LogP contribution in [-0.2, 0) is 23.9 Å². The largest absolute Gasteiger partial charge is 0.462 e. The highest BCUT2D eigenvalue weighted by Gasteiger charge is 2.61. The van der Waals surface area contributed by atoms with Crippen LogP contribution in [0.5, 0.6) is 0 Å². The lowest BCUT2D eigenvalue weighted by Crippen LogP contribution is -2.55. The highest BCUT2D eigenvalue weighted by molar-refractivity contribution is 5.87. The van der Waals surface area contributed by atoms with Crippen molar-refractivity contribution in [1.29, 1.82) is 0 Å². The molecule has 0 aromatic rings. The van der Waals surface area contributed by atoms with E-state index in [0.29, 0.717) is 24.5 Å². The lowest BCUT2D eigenvalue weighted by molar-refractivity contribution is -0.161. The summed E-state index contributed by atoms with van der Waals surface area (Å²) in [5, 5.41) is 0. The number of ketones is 1. The first-order valence-corrected chi connectivity index (χ1v) is 11.3. The van der Waals surface area contributed by atoms with Crippen molar-refractivity contribution >= 4 is 17.7 Å². The summed E-state index contributed by atoms with van der Waals surface area (Å²) < 4.78 is 11.5. The molecule has 0 bridgehead atoms. The van der Waals surface area contributed by atoms with E-state index in [2.05, 4.69) is 19.9 Å². The van der Waals surface area contributed by atoms with Gasteiger partial charge in [-0.05, 0) is 55.4 Å². The highest BCUT2D eigenvalue weighted by atomic mass is 16.5. The minimum Gasteiger partial charge on any atom is -0.462 e. The minimum absolute atomic E-state index is 0.0312. The predicted octanol–water partition coefficient (Wildman–Crippen LogP) is 4.38. The summed E-state index contributed by atoms with van der Waals surface area (Å²) in [6, 6.07) is 0. The van der Waals surface area contributed by atoms with Crippen LogP contribution in [0.25, 0.3) is 0 Å². The molecule has 5 nitrogen and oxygen atoms in total. The fourth-order valence-electron chi connectivity index (χ4n) is 7.05. The Labute approximate surface area is 173 Å². The van der Waals surface area contributed by atoms with Gasteiger partial charge in [-0.15, -0.1) is 0 Å². The van der Waals surface area contributed by atoms with Crippen molar-refractivity contribution in [1.82, 2.24) is 0 Å². The zero-order chi connectivity index (χ0) is 21.0. The lowest BCUT2D eigenvalue weighted by atomic mass is 9.47. The van der Waals surface area contributed by atoms with Crippen LogP contribution in [0.1, 0.15) is 79.1 Å². The van der Waals surface area contributed by atoms with E-state index in [-0.39, 0.29) is 46.8 Å². The Hall–Kier alpha value is -1.65. The maximum atomic E-state index is 12.7. The molecule has 0 radical (unpaired) electrons. The number of fused-ring (bicyclic) bond motifs is 5. The Morgan fingerprint density at radius 3 is 2.45 bits per heavy atom. The first kappa shape index (κ1) is 20.6. The highest BCUT2D eigenvalue weighted by Crippen LogP contribution is 2.64. The molecule has 160 valence electrons. The first-order chi connectivity index (χ1) is 13.7. The van der Waals surface area contributed by atoms with Gasteiger partial charge in [-0.25, -0.2) is 0 Å². The zero-order valence-corrected chi connectivity index (χ0v) is 18.2. The van der Waals surface area contributed by atoms with Crippen LogP contribution >= 0.6 is 0 Å². The third-order valence-corrected chi connectivity index (χ3v) is 8.66. The van der Waals surface area contributed by atoms with Gasteiger partial charge in [-0.2, -0.15) is 0 Å². The molecule has 3 fully saturated rings. The van der Waals surface area contributed by atoms with Gasteiger partial charge in [-0.3, -0.25) is 14.4 Å². The maximum Gasteiger partial charge on any atom is 0.306 e. The molecule has 4 aliphatic carbocycles. The van der Waals surface area contributed by atoms with E-state index in [9.17, 15) is 14.4 Å². The summed E-state index contributed by atoms with van der Waals surface area (Å²) in [5.41, 5.74) is 1.04. The molecule has 4 aliphatic rings. The summed E-state index contributed by atoms with van der Waals surface area (Å²) in [6.45, 7) is 7.77. The summed E-state index contributed by atoms with van der Waals surface area (Å²) in [5.74, 6) is 0.858. The molecule has 0 amide bonds. The summed E-state index contributed by atoms with van der Waals surface area (Å²) in [7, 11) is 0. The van der Waals surface area contributed by atoms with E-state index in [1.165, 1.54) is 12.5 Å². The van der Waals surface area contributed by atoms with Gasteiger partial charge in [0.05, 0.1) is 0 Å². The number of ether oxygens (including phenoxy) is 2. The normalized spacial score (nSPS) is 43.5. The van der Waals surface area contributed by atoms with Gasteiger partial charge >= 0.3 is 11.9 Å². The van der Waals surface area contributed by atoms with Crippen molar-refractivity contribution in [3.05, 3.63) is 11.6 Å². The molecule has 0 aromatic carbocycles. The van der Waals surface area contributed by atoms with Crippen molar-refractivity contribution < 1.29 is 23.9 Å². The van der Waals surface area contributed by atoms with Crippen LogP contribution in [0.4, 0.5) is 0 Å². The third-order valence-electron chi connectivity index (χ3n) is 8.66. The van der Waals surface area contributed by atoms with Gasteiger partial charge in [0.2, 0.25) is 0 Å². The van der Waals surface area contributed by atoms with Crippen LogP contribution in [0.3, 0.4) is 0 Å². The van der Waals surface area contributed by atoms with Crippen LogP contribution in [0, 0.1) is 28.6 Å². The molecule has 0 N–H and O–H groups in total. The van der Waals surface area contributed by atoms with Crippen molar-refractivity contribution in [3.63, 3.8) is 0 Å². The standard InChI is InChI=1S/C24H34O5/c1-5-21(27)29-19-13-15-12-16(28-14(2)25)8-10-23(15,3)18-9-11-24(4)17(22(18)19)6-7-20(24)26/h13,16-19,22H,5-12H2,1-4H3/t16-,17-,18-,19?,22-,23-,24-/m0/s1. The molecule has 0 spiro atoms. The smallest absolute Gasteiger partial charge is 0.306 e. The van der Waals surface area contributed by atoms with Crippen molar-refractivity contribution in [2.75, 3.05) is 0 Å². The molecule has 0 heterocycles. The van der Waals surface area contributed by atoms with Gasteiger partial charge in [0, 0.05) is 37.5 Å². The molecular weight excluding hydrogens is 368 g/mol. The fourth-order valence-corrected chi connectivity index (χ4v) is 7.05. The Morgan fingerprint density at radius 1 is 1.07 bits per heavy atom. The first-order valence-electron chi connectivity index (χ1n) is 11.3. The lowest BCUT2D eigenvalue weighted by Gasteiger charge is -2.58. The van der Waals surface area contributed by atoms with Crippen LogP contribution in [0.2, 0.25) is 0 Å². The number of carbonyl (C=O) groups excluding carboxylic acids is 3. The van der Waals surface area contributed by atoms with Gasteiger partial charge in [0.1, 0.15) is 18.0 Å². The third kappa shape index (κ3) is 3.25. The molecular formula is C24H34O5. The van der Waals surface area contributed by atoms with E-state index < -0.39 is 0 Å². The fraction of sp³-hybridized carbons (Fsp3) is 0.792. The Morgan fingerprint density at radius 2 is 1.76 bits per heavy atom. The van der Waals surface area contributed by atoms with Gasteiger partial charge < -0.3 is 9.47 Å². The quantitative estimate of drug-likeness (QED) is 0.517. The molecule has 1 unspecified atom stereocenters. The van der Waals surface area contributed by atoms with E-state index in [1.807, 2.05) is 6.92 Å². The number of hydrogen-bond donors (Lipinski definition) is 0. The van der Waals surface area contributed by atoms with Crippen LogP contribution in [0.15, 0.2) is 11.6 Å². The van der Waals surface area contributed by atoms with Crippen molar-refractivity contribution in [3.8, 4) is 0 Å².